The highest BCUT2D eigenvalue weighted by Crippen LogP contribution is 2.29. The van der Waals surface area contributed by atoms with Gasteiger partial charge in [-0.2, -0.15) is 13.2 Å². The maximum atomic E-state index is 12.4. The van der Waals surface area contributed by atoms with Crippen LogP contribution in [-0.4, -0.2) is 37.7 Å². The molecule has 0 aliphatic carbocycles. The first-order valence-electron chi connectivity index (χ1n) is 6.93. The summed E-state index contributed by atoms with van der Waals surface area (Å²) in [7, 11) is 1.66. The normalized spacial score (nSPS) is 11.9. The van der Waals surface area contributed by atoms with Crippen LogP contribution in [0.3, 0.4) is 0 Å². The summed E-state index contributed by atoms with van der Waals surface area (Å²) < 4.78 is 42.4. The van der Waals surface area contributed by atoms with Gasteiger partial charge in [-0.3, -0.25) is 4.99 Å². The Hall–Kier alpha value is -1.26. The molecule has 0 aromatic carbocycles. The lowest BCUT2D eigenvalue weighted by Crippen LogP contribution is -2.40. The van der Waals surface area contributed by atoms with E-state index < -0.39 is 11.7 Å². The molecule has 0 bridgehead atoms. The second kappa shape index (κ2) is 10.5. The minimum absolute atomic E-state index is 0. The number of pyridine rings is 1. The Balaban J connectivity index is 0.00000484. The van der Waals surface area contributed by atoms with Crippen molar-refractivity contribution >= 4 is 29.9 Å². The number of aliphatic imine (C=N–C) groups is 1. The smallest absolute Gasteiger partial charge is 0.417 e. The van der Waals surface area contributed by atoms with Crippen molar-refractivity contribution in [3.8, 4) is 5.88 Å². The summed E-state index contributed by atoms with van der Waals surface area (Å²) in [6.07, 6.45) is -3.63. The molecule has 2 N–H and O–H groups in total. The lowest BCUT2D eigenvalue weighted by atomic mass is 10.2. The van der Waals surface area contributed by atoms with E-state index in [-0.39, 0.29) is 36.5 Å². The predicted octanol–water partition coefficient (Wildman–Crippen LogP) is 2.92. The van der Waals surface area contributed by atoms with Crippen LogP contribution in [0.1, 0.15) is 19.4 Å². The quantitative estimate of drug-likeness (QED) is 0.306. The van der Waals surface area contributed by atoms with Gasteiger partial charge < -0.3 is 15.4 Å². The lowest BCUT2D eigenvalue weighted by molar-refractivity contribution is -0.137. The summed E-state index contributed by atoms with van der Waals surface area (Å²) in [5.41, 5.74) is -0.795. The van der Waals surface area contributed by atoms with Gasteiger partial charge in [0, 0.05) is 25.9 Å². The SMILES string of the molecule is CN=C(NCCOc1ccc(C(F)(F)F)cn1)NCC(C)C.I. The third kappa shape index (κ3) is 8.82. The van der Waals surface area contributed by atoms with E-state index in [0.29, 0.717) is 18.4 Å². The lowest BCUT2D eigenvalue weighted by Gasteiger charge is -2.13. The van der Waals surface area contributed by atoms with E-state index in [1.165, 1.54) is 6.07 Å². The molecule has 1 heterocycles. The summed E-state index contributed by atoms with van der Waals surface area (Å²) in [5, 5.41) is 6.17. The monoisotopic (exact) mass is 446 g/mol. The summed E-state index contributed by atoms with van der Waals surface area (Å²) in [6, 6.07) is 2.15. The first kappa shape index (κ1) is 21.7. The number of hydrogen-bond acceptors (Lipinski definition) is 3. The number of rotatable bonds is 6. The van der Waals surface area contributed by atoms with Gasteiger partial charge in [0.15, 0.2) is 5.96 Å². The molecule has 0 aliphatic rings. The molecule has 1 aromatic rings. The minimum atomic E-state index is -4.39. The molecule has 0 saturated carbocycles. The number of nitrogens with zero attached hydrogens (tertiary/aromatic N) is 2. The number of ether oxygens (including phenoxy) is 1. The van der Waals surface area contributed by atoms with Gasteiger partial charge in [-0.05, 0) is 12.0 Å². The van der Waals surface area contributed by atoms with E-state index in [2.05, 4.69) is 34.5 Å². The van der Waals surface area contributed by atoms with Crippen LogP contribution in [0, 0.1) is 5.92 Å². The maximum Gasteiger partial charge on any atom is 0.417 e. The summed E-state index contributed by atoms with van der Waals surface area (Å²) in [6.45, 7) is 5.68. The Labute approximate surface area is 151 Å². The fourth-order valence-electron chi connectivity index (χ4n) is 1.48. The third-order valence-electron chi connectivity index (χ3n) is 2.61. The maximum absolute atomic E-state index is 12.4. The standard InChI is InChI=1S/C14H21F3N4O.HI/c1-10(2)8-21-13(18-3)19-6-7-22-12-5-4-11(9-20-12)14(15,16)17;/h4-5,9-10H,6-8H2,1-3H3,(H2,18,19,21);1H. The van der Waals surface area contributed by atoms with Crippen LogP contribution in [-0.2, 0) is 6.18 Å². The fraction of sp³-hybridized carbons (Fsp3) is 0.571. The van der Waals surface area contributed by atoms with E-state index in [1.54, 1.807) is 7.05 Å². The summed E-state index contributed by atoms with van der Waals surface area (Å²) >= 11 is 0. The molecular formula is C14H22F3IN4O. The van der Waals surface area contributed by atoms with Crippen molar-refractivity contribution in [2.45, 2.75) is 20.0 Å². The van der Waals surface area contributed by atoms with Crippen LogP contribution in [0.5, 0.6) is 5.88 Å². The average molecular weight is 446 g/mol. The molecule has 9 heteroatoms. The second-order valence-electron chi connectivity index (χ2n) is 5.01. The number of guanidine groups is 1. The zero-order chi connectivity index (χ0) is 16.6. The third-order valence-corrected chi connectivity index (χ3v) is 2.61. The Bertz CT molecular complexity index is 478. The Morgan fingerprint density at radius 2 is 2.00 bits per heavy atom. The Kier molecular flexibility index (Phi) is 9.93. The van der Waals surface area contributed by atoms with Gasteiger partial charge in [0.1, 0.15) is 6.61 Å². The van der Waals surface area contributed by atoms with Crippen LogP contribution in [0.2, 0.25) is 0 Å². The van der Waals surface area contributed by atoms with Gasteiger partial charge in [0.05, 0.1) is 12.1 Å². The molecule has 132 valence electrons. The van der Waals surface area contributed by atoms with Gasteiger partial charge in [0.25, 0.3) is 0 Å². The number of halogens is 4. The minimum Gasteiger partial charge on any atom is -0.476 e. The highest BCUT2D eigenvalue weighted by Gasteiger charge is 2.30. The molecule has 0 unspecified atom stereocenters. The number of aromatic nitrogens is 1. The average Bonchev–Trinajstić information content (AvgIpc) is 2.46. The van der Waals surface area contributed by atoms with Gasteiger partial charge in [-0.25, -0.2) is 4.98 Å². The van der Waals surface area contributed by atoms with Crippen molar-refractivity contribution in [2.75, 3.05) is 26.7 Å². The Morgan fingerprint density at radius 1 is 1.30 bits per heavy atom. The highest BCUT2D eigenvalue weighted by atomic mass is 127. The van der Waals surface area contributed by atoms with Gasteiger partial charge in [-0.1, -0.05) is 13.8 Å². The molecule has 0 amide bonds. The summed E-state index contributed by atoms with van der Waals surface area (Å²) in [5.74, 6) is 1.30. The van der Waals surface area contributed by atoms with Crippen molar-refractivity contribution in [3.63, 3.8) is 0 Å². The van der Waals surface area contributed by atoms with Crippen molar-refractivity contribution < 1.29 is 17.9 Å². The molecule has 0 spiro atoms. The Morgan fingerprint density at radius 3 is 2.48 bits per heavy atom. The number of alkyl halides is 3. The van der Waals surface area contributed by atoms with Gasteiger partial charge in [-0.15, -0.1) is 24.0 Å². The molecule has 0 radical (unpaired) electrons. The molecule has 1 aromatic heterocycles. The first-order valence-corrected chi connectivity index (χ1v) is 6.93. The van der Waals surface area contributed by atoms with E-state index in [4.69, 9.17) is 4.74 Å². The van der Waals surface area contributed by atoms with Gasteiger partial charge >= 0.3 is 6.18 Å². The van der Waals surface area contributed by atoms with Crippen molar-refractivity contribution in [2.24, 2.45) is 10.9 Å². The zero-order valence-electron chi connectivity index (χ0n) is 13.3. The summed E-state index contributed by atoms with van der Waals surface area (Å²) in [4.78, 5) is 7.67. The van der Waals surface area contributed by atoms with Crippen molar-refractivity contribution in [1.29, 1.82) is 0 Å². The topological polar surface area (TPSA) is 58.5 Å². The highest BCUT2D eigenvalue weighted by molar-refractivity contribution is 14.0. The first-order chi connectivity index (χ1) is 10.3. The van der Waals surface area contributed by atoms with Crippen LogP contribution >= 0.6 is 24.0 Å². The van der Waals surface area contributed by atoms with E-state index in [0.717, 1.165) is 18.8 Å². The molecule has 23 heavy (non-hydrogen) atoms. The van der Waals surface area contributed by atoms with Crippen LogP contribution in [0.15, 0.2) is 23.3 Å². The molecule has 1 rings (SSSR count). The zero-order valence-corrected chi connectivity index (χ0v) is 15.6. The van der Waals surface area contributed by atoms with Crippen LogP contribution < -0.4 is 15.4 Å². The molecular weight excluding hydrogens is 424 g/mol. The number of nitrogens with one attached hydrogen (secondary N) is 2. The predicted molar refractivity (Wildman–Crippen MR) is 94.4 cm³/mol. The van der Waals surface area contributed by atoms with Crippen LogP contribution in [0.4, 0.5) is 13.2 Å². The molecule has 0 atom stereocenters. The largest absolute Gasteiger partial charge is 0.476 e. The molecule has 0 aliphatic heterocycles. The van der Waals surface area contributed by atoms with E-state index >= 15 is 0 Å². The molecule has 0 saturated heterocycles. The van der Waals surface area contributed by atoms with Gasteiger partial charge in [0.2, 0.25) is 5.88 Å². The second-order valence-corrected chi connectivity index (χ2v) is 5.01. The molecule has 0 fully saturated rings. The van der Waals surface area contributed by atoms with Crippen molar-refractivity contribution in [1.82, 2.24) is 15.6 Å². The number of hydrogen-bond donors (Lipinski definition) is 2. The van der Waals surface area contributed by atoms with E-state index in [9.17, 15) is 13.2 Å². The van der Waals surface area contributed by atoms with E-state index in [1.807, 2.05) is 0 Å². The fourth-order valence-corrected chi connectivity index (χ4v) is 1.48. The van der Waals surface area contributed by atoms with Crippen molar-refractivity contribution in [3.05, 3.63) is 23.9 Å². The van der Waals surface area contributed by atoms with Crippen LogP contribution in [0.25, 0.3) is 0 Å². The molecule has 5 nitrogen and oxygen atoms in total.